The first kappa shape index (κ1) is 7.67. The highest BCUT2D eigenvalue weighted by Gasteiger charge is 2.18. The van der Waals surface area contributed by atoms with Crippen molar-refractivity contribution in [3.63, 3.8) is 0 Å². The van der Waals surface area contributed by atoms with Crippen LogP contribution in [-0.4, -0.2) is 23.4 Å². The van der Waals surface area contributed by atoms with Gasteiger partial charge in [0, 0.05) is 0 Å². The van der Waals surface area contributed by atoms with Crippen LogP contribution in [0.3, 0.4) is 0 Å². The lowest BCUT2D eigenvalue weighted by Crippen LogP contribution is -2.31. The molecule has 0 aliphatic rings. The summed E-state index contributed by atoms with van der Waals surface area (Å²) in [5.74, 6) is 0. The van der Waals surface area contributed by atoms with Gasteiger partial charge in [0.2, 0.25) is 0 Å². The van der Waals surface area contributed by atoms with Gasteiger partial charge >= 0.3 is 0 Å². The van der Waals surface area contributed by atoms with Crippen LogP contribution in [0.2, 0.25) is 0 Å². The van der Waals surface area contributed by atoms with E-state index in [0.29, 0.717) is 0 Å². The molecular formula is C7H16N+. The lowest BCUT2D eigenvalue weighted by molar-refractivity contribution is -0.586. The maximum atomic E-state index is 3.86. The van der Waals surface area contributed by atoms with Crippen molar-refractivity contribution in [1.82, 2.24) is 0 Å². The van der Waals surface area contributed by atoms with Gasteiger partial charge < -0.3 is 0 Å². The van der Waals surface area contributed by atoms with E-state index in [1.54, 1.807) is 0 Å². The molecule has 1 nitrogen and oxygen atoms in total. The molecule has 0 unspecified atom stereocenters. The Balaban J connectivity index is 3.82. The summed E-state index contributed by atoms with van der Waals surface area (Å²) in [7, 11) is 0. The third-order valence-corrected chi connectivity index (χ3v) is 1.33. The maximum Gasteiger partial charge on any atom is 0.153 e. The number of nitrogens with zero attached hydrogens (tertiary/aromatic N) is 1. The number of rotatable bonds is 1. The predicted octanol–water partition coefficient (Wildman–Crippen LogP) is 1.52. The molecule has 48 valence electrons. The summed E-state index contributed by atoms with van der Waals surface area (Å²) in [6.07, 6.45) is 0. The fourth-order valence-electron chi connectivity index (χ4n) is 0.474. The molecule has 0 bridgehead atoms. The molecule has 0 aromatic rings. The zero-order valence-electron chi connectivity index (χ0n) is 6.36. The van der Waals surface area contributed by atoms with Crippen LogP contribution < -0.4 is 0 Å². The second-order valence-corrected chi connectivity index (χ2v) is 3.03. The van der Waals surface area contributed by atoms with E-state index in [-0.39, 0.29) is 5.54 Å². The molecule has 8 heavy (non-hydrogen) atoms. The van der Waals surface area contributed by atoms with Crippen molar-refractivity contribution in [2.24, 2.45) is 0 Å². The lowest BCUT2D eigenvalue weighted by atomic mass is 10.1. The third kappa shape index (κ3) is 2.10. The molecule has 1 heteroatoms. The first-order valence-electron chi connectivity index (χ1n) is 3.06. The average molecular weight is 114 g/mol. The second-order valence-electron chi connectivity index (χ2n) is 3.03. The molecule has 0 aromatic carbocycles. The quantitative estimate of drug-likeness (QED) is 0.359. The minimum absolute atomic E-state index is 0.231. The Kier molecular flexibility index (Phi) is 2.20. The van der Waals surface area contributed by atoms with Crippen LogP contribution >= 0.6 is 0 Å². The zero-order chi connectivity index (χ0) is 6.78. The van der Waals surface area contributed by atoms with Gasteiger partial charge in [-0.05, 0) is 27.7 Å². The van der Waals surface area contributed by atoms with Crippen molar-refractivity contribution in [1.29, 1.82) is 0 Å². The van der Waals surface area contributed by atoms with Crippen LogP contribution in [0.4, 0.5) is 0 Å². The Morgan fingerprint density at radius 2 is 1.75 bits per heavy atom. The normalized spacial score (nSPS) is 11.5. The van der Waals surface area contributed by atoms with E-state index >= 15 is 0 Å². The van der Waals surface area contributed by atoms with Crippen molar-refractivity contribution in [3.05, 3.63) is 0 Å². The van der Waals surface area contributed by atoms with Gasteiger partial charge in [-0.3, -0.25) is 0 Å². The molecule has 0 aliphatic carbocycles. The Hall–Kier alpha value is -0.330. The summed E-state index contributed by atoms with van der Waals surface area (Å²) in [5.41, 5.74) is 0.231. The fraction of sp³-hybridized carbons (Fsp3) is 0.857. The van der Waals surface area contributed by atoms with E-state index in [2.05, 4.69) is 39.0 Å². The summed E-state index contributed by atoms with van der Waals surface area (Å²) in [6.45, 7) is 13.5. The highest BCUT2D eigenvalue weighted by molar-refractivity contribution is 5.15. The fourth-order valence-corrected chi connectivity index (χ4v) is 0.474. The van der Waals surface area contributed by atoms with Crippen LogP contribution in [0, 0.1) is 0 Å². The van der Waals surface area contributed by atoms with E-state index in [1.165, 1.54) is 0 Å². The molecule has 0 N–H and O–H groups in total. The van der Waals surface area contributed by atoms with Crippen LogP contribution in [0.5, 0.6) is 0 Å². The molecule has 0 rings (SSSR count). The monoisotopic (exact) mass is 114 g/mol. The van der Waals surface area contributed by atoms with E-state index in [9.17, 15) is 0 Å². The van der Waals surface area contributed by atoms with Crippen molar-refractivity contribution in [2.45, 2.75) is 33.2 Å². The first-order valence-corrected chi connectivity index (χ1v) is 3.06. The number of hydrogen-bond acceptors (Lipinski definition) is 0. The summed E-state index contributed by atoms with van der Waals surface area (Å²) < 4.78 is 2.06. The van der Waals surface area contributed by atoms with Gasteiger partial charge in [0.1, 0.15) is 13.3 Å². The summed E-state index contributed by atoms with van der Waals surface area (Å²) in [6, 6.07) is 0. The van der Waals surface area contributed by atoms with Gasteiger partial charge in [-0.25, -0.2) is 4.58 Å². The number of hydrogen-bond donors (Lipinski definition) is 0. The molecule has 0 radical (unpaired) electrons. The minimum atomic E-state index is 0.231. The summed E-state index contributed by atoms with van der Waals surface area (Å²) in [5, 5.41) is 0. The highest BCUT2D eigenvalue weighted by Crippen LogP contribution is 2.03. The van der Waals surface area contributed by atoms with Crippen molar-refractivity contribution < 1.29 is 4.58 Å². The summed E-state index contributed by atoms with van der Waals surface area (Å²) >= 11 is 0. The smallest absolute Gasteiger partial charge is 0.153 e. The Morgan fingerprint density at radius 3 is 1.75 bits per heavy atom. The van der Waals surface area contributed by atoms with Crippen LogP contribution in [0.25, 0.3) is 0 Å². The van der Waals surface area contributed by atoms with E-state index in [1.807, 2.05) is 0 Å². The molecule has 0 aliphatic heterocycles. The van der Waals surface area contributed by atoms with Gasteiger partial charge in [-0.1, -0.05) is 0 Å². The predicted molar refractivity (Wildman–Crippen MR) is 37.7 cm³/mol. The average Bonchev–Trinajstić information content (AvgIpc) is 1.62. The third-order valence-electron chi connectivity index (χ3n) is 1.33. The molecule has 0 spiro atoms. The van der Waals surface area contributed by atoms with Gasteiger partial charge in [0.15, 0.2) is 5.54 Å². The van der Waals surface area contributed by atoms with Crippen molar-refractivity contribution >= 4 is 6.72 Å². The van der Waals surface area contributed by atoms with Crippen molar-refractivity contribution in [2.75, 3.05) is 6.54 Å². The Morgan fingerprint density at radius 1 is 1.38 bits per heavy atom. The molecular weight excluding hydrogens is 98.1 g/mol. The molecule has 0 aromatic heterocycles. The van der Waals surface area contributed by atoms with Gasteiger partial charge in [0.05, 0.1) is 0 Å². The molecule has 0 fully saturated rings. The molecule has 0 heterocycles. The minimum Gasteiger partial charge on any atom is -0.238 e. The van der Waals surface area contributed by atoms with Gasteiger partial charge in [-0.2, -0.15) is 0 Å². The molecule has 0 amide bonds. The van der Waals surface area contributed by atoms with Crippen LogP contribution in [0.1, 0.15) is 27.7 Å². The van der Waals surface area contributed by atoms with Crippen molar-refractivity contribution in [3.8, 4) is 0 Å². The van der Waals surface area contributed by atoms with Crippen LogP contribution in [-0.2, 0) is 0 Å². The standard InChI is InChI=1S/C7H16N/c1-6-8(5)7(2,3)4/h5-6H2,1-4H3/q+1. The van der Waals surface area contributed by atoms with Crippen LogP contribution in [0.15, 0.2) is 0 Å². The Bertz CT molecular complexity index is 87.1. The van der Waals surface area contributed by atoms with Gasteiger partial charge in [-0.15, -0.1) is 0 Å². The van der Waals surface area contributed by atoms with Gasteiger partial charge in [0.25, 0.3) is 0 Å². The van der Waals surface area contributed by atoms with E-state index in [4.69, 9.17) is 0 Å². The SMILES string of the molecule is C=[N+](CC)C(C)(C)C. The highest BCUT2D eigenvalue weighted by atomic mass is 15.0. The topological polar surface area (TPSA) is 3.01 Å². The van der Waals surface area contributed by atoms with E-state index in [0.717, 1.165) is 6.54 Å². The molecule has 0 atom stereocenters. The zero-order valence-corrected chi connectivity index (χ0v) is 6.36. The largest absolute Gasteiger partial charge is 0.238 e. The van der Waals surface area contributed by atoms with E-state index < -0.39 is 0 Å². The molecule has 0 saturated carbocycles. The first-order chi connectivity index (χ1) is 3.48. The lowest BCUT2D eigenvalue weighted by Gasteiger charge is -2.14. The summed E-state index contributed by atoms with van der Waals surface area (Å²) in [4.78, 5) is 0. The molecule has 0 saturated heterocycles. The Labute approximate surface area is 52.0 Å². The second kappa shape index (κ2) is 2.29. The maximum absolute atomic E-state index is 3.86.